The zero-order valence-corrected chi connectivity index (χ0v) is 13.5. The summed E-state index contributed by atoms with van der Waals surface area (Å²) in [6, 6.07) is 1.93. The first-order valence-corrected chi connectivity index (χ1v) is 8.96. The maximum atomic E-state index is 12.7. The molecule has 1 aliphatic heterocycles. The Morgan fingerprint density at radius 2 is 2.33 bits per heavy atom. The van der Waals surface area contributed by atoms with Crippen molar-refractivity contribution in [3.8, 4) is 10.6 Å². The van der Waals surface area contributed by atoms with E-state index in [4.69, 9.17) is 0 Å². The van der Waals surface area contributed by atoms with Crippen molar-refractivity contribution >= 4 is 28.6 Å². The molecule has 0 aromatic carbocycles. The molecule has 3 heterocycles. The zero-order valence-electron chi connectivity index (χ0n) is 11.9. The van der Waals surface area contributed by atoms with Crippen LogP contribution in [0.5, 0.6) is 0 Å². The smallest absolute Gasteiger partial charge is 0.273 e. The monoisotopic (exact) mass is 322 g/mol. The van der Waals surface area contributed by atoms with E-state index in [1.165, 1.54) is 11.3 Å². The molecule has 2 unspecified atom stereocenters. The first-order valence-electron chi connectivity index (χ1n) is 7.14. The fourth-order valence-electron chi connectivity index (χ4n) is 2.75. The number of nitrogens with zero attached hydrogens (tertiary/aromatic N) is 2. The van der Waals surface area contributed by atoms with E-state index in [2.05, 4.69) is 4.98 Å². The number of likely N-dealkylation sites (tertiary alicyclic amines) is 1. The number of carbonyl (C=O) groups excluding carboxylic acids is 1. The molecule has 1 fully saturated rings. The summed E-state index contributed by atoms with van der Waals surface area (Å²) in [4.78, 5) is 18.9. The molecule has 2 aromatic heterocycles. The zero-order chi connectivity index (χ0) is 14.8. The Hall–Kier alpha value is -1.24. The van der Waals surface area contributed by atoms with Gasteiger partial charge in [-0.1, -0.05) is 0 Å². The van der Waals surface area contributed by atoms with Crippen LogP contribution in [0.25, 0.3) is 10.6 Å². The van der Waals surface area contributed by atoms with E-state index in [0.717, 1.165) is 29.8 Å². The lowest BCUT2D eigenvalue weighted by molar-refractivity contribution is 0.0277. The molecule has 2 aromatic rings. The van der Waals surface area contributed by atoms with Gasteiger partial charge in [0.25, 0.3) is 5.91 Å². The molecular formula is C15H18N2O2S2. The van der Waals surface area contributed by atoms with Gasteiger partial charge in [0, 0.05) is 22.9 Å². The Kier molecular flexibility index (Phi) is 4.37. The minimum Gasteiger partial charge on any atom is -0.391 e. The number of thiazole rings is 1. The average Bonchev–Trinajstić information content (AvgIpc) is 3.17. The minimum absolute atomic E-state index is 0.0571. The van der Waals surface area contributed by atoms with Crippen molar-refractivity contribution in [2.24, 2.45) is 0 Å². The first-order chi connectivity index (χ1) is 10.2. The molecule has 21 heavy (non-hydrogen) atoms. The predicted octanol–water partition coefficient (Wildman–Crippen LogP) is 3.25. The van der Waals surface area contributed by atoms with Crippen molar-refractivity contribution in [1.82, 2.24) is 9.88 Å². The number of aliphatic hydroxyl groups is 1. The molecule has 1 aliphatic rings. The van der Waals surface area contributed by atoms with Crippen LogP contribution in [0.2, 0.25) is 0 Å². The van der Waals surface area contributed by atoms with Crippen LogP contribution in [0.4, 0.5) is 0 Å². The average molecular weight is 322 g/mol. The Balaban J connectivity index is 1.81. The Morgan fingerprint density at radius 3 is 3.05 bits per heavy atom. The highest BCUT2D eigenvalue weighted by molar-refractivity contribution is 7.14. The number of hydrogen-bond donors (Lipinski definition) is 1. The van der Waals surface area contributed by atoms with Crippen molar-refractivity contribution in [1.29, 1.82) is 0 Å². The summed E-state index contributed by atoms with van der Waals surface area (Å²) in [6.07, 6.45) is 2.43. The molecule has 0 aliphatic carbocycles. The molecule has 1 saturated heterocycles. The van der Waals surface area contributed by atoms with E-state index >= 15 is 0 Å². The van der Waals surface area contributed by atoms with Gasteiger partial charge in [-0.3, -0.25) is 4.79 Å². The van der Waals surface area contributed by atoms with Gasteiger partial charge in [-0.25, -0.2) is 4.98 Å². The van der Waals surface area contributed by atoms with Crippen LogP contribution in [0, 0.1) is 0 Å². The molecule has 1 N–H and O–H groups in total. The summed E-state index contributed by atoms with van der Waals surface area (Å²) in [5.74, 6) is -0.0571. The molecule has 0 saturated carbocycles. The van der Waals surface area contributed by atoms with E-state index < -0.39 is 6.10 Å². The Labute approximate surface area is 132 Å². The van der Waals surface area contributed by atoms with Crippen molar-refractivity contribution in [2.45, 2.75) is 38.3 Å². The van der Waals surface area contributed by atoms with E-state index in [1.807, 2.05) is 22.2 Å². The molecule has 4 nitrogen and oxygen atoms in total. The predicted molar refractivity (Wildman–Crippen MR) is 85.8 cm³/mol. The second-order valence-corrected chi connectivity index (χ2v) is 6.99. The van der Waals surface area contributed by atoms with Gasteiger partial charge in [0.1, 0.15) is 10.7 Å². The standard InChI is InChI=1S/C15H18N2O2S2/c1-10(18)13-4-2-3-6-17(13)15(19)12-9-21-14(16-12)11-5-7-20-8-11/h5,7-10,13,18H,2-4,6H2,1H3. The van der Waals surface area contributed by atoms with Crippen molar-refractivity contribution in [2.75, 3.05) is 6.54 Å². The van der Waals surface area contributed by atoms with Gasteiger partial charge >= 0.3 is 0 Å². The molecule has 6 heteroatoms. The normalized spacial score (nSPS) is 20.5. The van der Waals surface area contributed by atoms with Crippen LogP contribution in [-0.4, -0.2) is 39.6 Å². The van der Waals surface area contributed by atoms with Crippen LogP contribution in [0.15, 0.2) is 22.2 Å². The van der Waals surface area contributed by atoms with Gasteiger partial charge in [0.05, 0.1) is 12.1 Å². The van der Waals surface area contributed by atoms with Gasteiger partial charge < -0.3 is 10.0 Å². The number of rotatable bonds is 3. The summed E-state index contributed by atoms with van der Waals surface area (Å²) in [5, 5.41) is 16.6. The molecule has 0 bridgehead atoms. The fourth-order valence-corrected chi connectivity index (χ4v) is 4.25. The van der Waals surface area contributed by atoms with Gasteiger partial charge in [0.15, 0.2) is 0 Å². The van der Waals surface area contributed by atoms with Crippen LogP contribution in [0.1, 0.15) is 36.7 Å². The second kappa shape index (κ2) is 6.25. The van der Waals surface area contributed by atoms with Gasteiger partial charge in [-0.05, 0) is 37.6 Å². The number of carbonyl (C=O) groups is 1. The number of aromatic nitrogens is 1. The molecule has 3 rings (SSSR count). The van der Waals surface area contributed by atoms with Crippen LogP contribution in [-0.2, 0) is 0 Å². The lowest BCUT2D eigenvalue weighted by Gasteiger charge is -2.37. The number of thiophene rings is 1. The summed E-state index contributed by atoms with van der Waals surface area (Å²) in [7, 11) is 0. The Bertz CT molecular complexity index is 607. The van der Waals surface area contributed by atoms with Gasteiger partial charge in [-0.2, -0.15) is 11.3 Å². The highest BCUT2D eigenvalue weighted by Crippen LogP contribution is 2.28. The Morgan fingerprint density at radius 1 is 1.48 bits per heavy atom. The summed E-state index contributed by atoms with van der Waals surface area (Å²) in [6.45, 7) is 2.47. The van der Waals surface area contributed by atoms with Crippen molar-refractivity contribution in [3.63, 3.8) is 0 Å². The lowest BCUT2D eigenvalue weighted by atomic mass is 9.98. The summed E-state index contributed by atoms with van der Waals surface area (Å²) >= 11 is 3.12. The molecule has 0 radical (unpaired) electrons. The number of piperidine rings is 1. The van der Waals surface area contributed by atoms with E-state index in [1.54, 1.807) is 23.2 Å². The first kappa shape index (κ1) is 14.7. The molecule has 112 valence electrons. The highest BCUT2D eigenvalue weighted by Gasteiger charge is 2.31. The fraction of sp³-hybridized carbons (Fsp3) is 0.467. The van der Waals surface area contributed by atoms with Crippen molar-refractivity contribution in [3.05, 3.63) is 27.9 Å². The van der Waals surface area contributed by atoms with Gasteiger partial charge in [-0.15, -0.1) is 11.3 Å². The quantitative estimate of drug-likeness (QED) is 0.944. The SMILES string of the molecule is CC(O)C1CCCCN1C(=O)c1csc(-c2ccsc2)n1. The molecular weight excluding hydrogens is 304 g/mol. The number of aliphatic hydroxyl groups excluding tert-OH is 1. The topological polar surface area (TPSA) is 53.4 Å². The number of amides is 1. The van der Waals surface area contributed by atoms with E-state index in [9.17, 15) is 9.90 Å². The molecule has 1 amide bonds. The van der Waals surface area contributed by atoms with E-state index in [-0.39, 0.29) is 11.9 Å². The maximum Gasteiger partial charge on any atom is 0.273 e. The molecule has 0 spiro atoms. The summed E-state index contributed by atoms with van der Waals surface area (Å²) in [5.41, 5.74) is 1.56. The third-order valence-corrected chi connectivity index (χ3v) is 5.43. The summed E-state index contributed by atoms with van der Waals surface area (Å²) < 4.78 is 0. The second-order valence-electron chi connectivity index (χ2n) is 5.35. The lowest BCUT2D eigenvalue weighted by Crippen LogP contribution is -2.49. The number of hydrogen-bond acceptors (Lipinski definition) is 5. The van der Waals surface area contributed by atoms with E-state index in [0.29, 0.717) is 12.2 Å². The van der Waals surface area contributed by atoms with Crippen molar-refractivity contribution < 1.29 is 9.90 Å². The third kappa shape index (κ3) is 3.02. The molecule has 2 atom stereocenters. The largest absolute Gasteiger partial charge is 0.391 e. The van der Waals surface area contributed by atoms with Crippen LogP contribution in [0.3, 0.4) is 0 Å². The van der Waals surface area contributed by atoms with Crippen LogP contribution < -0.4 is 0 Å². The van der Waals surface area contributed by atoms with Crippen LogP contribution >= 0.6 is 22.7 Å². The van der Waals surface area contributed by atoms with Gasteiger partial charge in [0.2, 0.25) is 0 Å². The maximum absolute atomic E-state index is 12.7. The minimum atomic E-state index is -0.496. The highest BCUT2D eigenvalue weighted by atomic mass is 32.1. The third-order valence-electron chi connectivity index (χ3n) is 3.86.